The lowest BCUT2D eigenvalue weighted by Crippen LogP contribution is -2.46. The summed E-state index contributed by atoms with van der Waals surface area (Å²) in [5.74, 6) is -0.543. The molecule has 1 heterocycles. The summed E-state index contributed by atoms with van der Waals surface area (Å²) < 4.78 is 0. The van der Waals surface area contributed by atoms with Gasteiger partial charge in [-0.25, -0.2) is 0 Å². The second kappa shape index (κ2) is 5.73. The average molecular weight is 381 g/mol. The van der Waals surface area contributed by atoms with Gasteiger partial charge in [0.1, 0.15) is 6.04 Å². The zero-order valence-corrected chi connectivity index (χ0v) is 15.1. The van der Waals surface area contributed by atoms with Crippen molar-refractivity contribution in [2.75, 3.05) is 5.32 Å². The minimum Gasteiger partial charge on any atom is -0.324 e. The summed E-state index contributed by atoms with van der Waals surface area (Å²) in [6, 6.07) is 4.60. The summed E-state index contributed by atoms with van der Waals surface area (Å²) in [6.07, 6.45) is 5.25. The summed E-state index contributed by atoms with van der Waals surface area (Å²) in [6.45, 7) is 1.52. The van der Waals surface area contributed by atoms with Crippen molar-refractivity contribution in [3.05, 3.63) is 46.5 Å². The van der Waals surface area contributed by atoms with Gasteiger partial charge in [-0.1, -0.05) is 18.2 Å². The Bertz CT molecular complexity index is 921. The first-order valence-electron chi connectivity index (χ1n) is 9.49. The number of likely N-dealkylation sites (tertiary alicyclic amines) is 1. The Hall–Kier alpha value is -3.03. The van der Waals surface area contributed by atoms with E-state index in [1.54, 1.807) is 0 Å². The molecule has 1 aliphatic heterocycles. The third-order valence-electron chi connectivity index (χ3n) is 6.79. The first-order chi connectivity index (χ1) is 13.4. The summed E-state index contributed by atoms with van der Waals surface area (Å²) in [4.78, 5) is 50.2. The molecule has 1 N–H and O–H groups in total. The van der Waals surface area contributed by atoms with E-state index in [1.165, 1.54) is 31.2 Å². The fourth-order valence-electron chi connectivity index (χ4n) is 5.42. The van der Waals surface area contributed by atoms with Crippen LogP contribution in [-0.2, 0) is 14.4 Å². The van der Waals surface area contributed by atoms with E-state index in [0.29, 0.717) is 11.8 Å². The van der Waals surface area contributed by atoms with E-state index in [4.69, 9.17) is 0 Å². The summed E-state index contributed by atoms with van der Waals surface area (Å²) in [5.41, 5.74) is 0.109. The number of nitrogens with zero attached hydrogens (tertiary/aromatic N) is 2. The number of imide groups is 1. The number of hydrogen-bond donors (Lipinski definition) is 1. The normalized spacial score (nSPS) is 35.4. The molecule has 144 valence electrons. The minimum atomic E-state index is -0.972. The van der Waals surface area contributed by atoms with Gasteiger partial charge in [0.2, 0.25) is 17.7 Å². The second-order valence-electron chi connectivity index (χ2n) is 8.17. The quantitative estimate of drug-likeness (QED) is 0.371. The molecule has 6 rings (SSSR count). The number of non-ortho nitro benzene ring substituents is 1. The molecule has 3 fully saturated rings. The topological polar surface area (TPSA) is 110 Å². The van der Waals surface area contributed by atoms with E-state index < -0.39 is 16.9 Å². The van der Waals surface area contributed by atoms with Crippen LogP contribution in [-0.4, -0.2) is 33.6 Å². The van der Waals surface area contributed by atoms with E-state index in [9.17, 15) is 24.5 Å². The average Bonchev–Trinajstić information content (AvgIpc) is 3.45. The van der Waals surface area contributed by atoms with Crippen LogP contribution < -0.4 is 5.32 Å². The number of anilines is 1. The first kappa shape index (κ1) is 17.1. The van der Waals surface area contributed by atoms with Crippen molar-refractivity contribution in [1.82, 2.24) is 4.90 Å². The smallest absolute Gasteiger partial charge is 0.271 e. The van der Waals surface area contributed by atoms with Crippen LogP contribution in [0.15, 0.2) is 36.4 Å². The van der Waals surface area contributed by atoms with E-state index in [2.05, 4.69) is 17.5 Å². The fourth-order valence-corrected chi connectivity index (χ4v) is 5.42. The highest BCUT2D eigenvalue weighted by molar-refractivity contribution is 6.10. The maximum absolute atomic E-state index is 13.0. The van der Waals surface area contributed by atoms with Gasteiger partial charge in [0.05, 0.1) is 16.8 Å². The van der Waals surface area contributed by atoms with Gasteiger partial charge in [0, 0.05) is 17.8 Å². The van der Waals surface area contributed by atoms with Gasteiger partial charge >= 0.3 is 0 Å². The van der Waals surface area contributed by atoms with Crippen molar-refractivity contribution < 1.29 is 19.3 Å². The highest BCUT2D eigenvalue weighted by Crippen LogP contribution is 2.65. The van der Waals surface area contributed by atoms with Crippen LogP contribution in [0, 0.1) is 45.6 Å². The van der Waals surface area contributed by atoms with Crippen molar-refractivity contribution in [2.24, 2.45) is 35.5 Å². The first-order valence-corrected chi connectivity index (χ1v) is 9.49. The SMILES string of the molecule is C[C@@H](C(=O)Nc1cccc([N+](=O)[O-])c1)N1C(=O)[C@H]2[C@@H]3C=C[C@H]([C@H]4C[C@H]34)[C@@H]2C1=O. The highest BCUT2D eigenvalue weighted by Gasteiger charge is 2.67. The molecule has 2 bridgehead atoms. The number of benzene rings is 1. The molecule has 0 radical (unpaired) electrons. The fraction of sp³-hybridized carbons (Fsp3) is 0.450. The molecule has 8 heteroatoms. The van der Waals surface area contributed by atoms with E-state index in [-0.39, 0.29) is 46.9 Å². The lowest BCUT2D eigenvalue weighted by Gasteiger charge is -2.37. The van der Waals surface area contributed by atoms with Gasteiger partial charge in [0.25, 0.3) is 5.69 Å². The lowest BCUT2D eigenvalue weighted by atomic mass is 9.63. The minimum absolute atomic E-state index is 0.105. The van der Waals surface area contributed by atoms with Gasteiger partial charge in [0.15, 0.2) is 0 Å². The largest absolute Gasteiger partial charge is 0.324 e. The monoisotopic (exact) mass is 381 g/mol. The molecule has 5 aliphatic rings. The molecule has 4 aliphatic carbocycles. The molecular weight excluding hydrogens is 362 g/mol. The number of amides is 3. The summed E-state index contributed by atoms with van der Waals surface area (Å²) in [5, 5.41) is 13.5. The zero-order valence-electron chi connectivity index (χ0n) is 15.1. The molecular formula is C20H19N3O5. The number of rotatable bonds is 4. The molecule has 0 unspecified atom stereocenters. The van der Waals surface area contributed by atoms with Crippen molar-refractivity contribution in [1.29, 1.82) is 0 Å². The highest BCUT2D eigenvalue weighted by atomic mass is 16.6. The van der Waals surface area contributed by atoms with Crippen LogP contribution in [0.1, 0.15) is 13.3 Å². The number of nitrogens with one attached hydrogen (secondary N) is 1. The van der Waals surface area contributed by atoms with Crippen LogP contribution in [0.4, 0.5) is 11.4 Å². The molecule has 1 aromatic rings. The molecule has 3 amide bonds. The number of nitro groups is 1. The molecule has 0 spiro atoms. The van der Waals surface area contributed by atoms with E-state index in [0.717, 1.165) is 11.3 Å². The Morgan fingerprint density at radius 3 is 2.36 bits per heavy atom. The Morgan fingerprint density at radius 1 is 1.18 bits per heavy atom. The summed E-state index contributed by atoms with van der Waals surface area (Å²) >= 11 is 0. The van der Waals surface area contributed by atoms with Gasteiger partial charge < -0.3 is 5.32 Å². The van der Waals surface area contributed by atoms with E-state index >= 15 is 0 Å². The molecule has 2 saturated carbocycles. The Balaban J connectivity index is 1.36. The molecule has 1 aromatic carbocycles. The Kier molecular flexibility index (Phi) is 3.50. The van der Waals surface area contributed by atoms with Gasteiger partial charge in [-0.05, 0) is 43.1 Å². The van der Waals surface area contributed by atoms with Crippen LogP contribution >= 0.6 is 0 Å². The van der Waals surface area contributed by atoms with Crippen LogP contribution in [0.5, 0.6) is 0 Å². The Morgan fingerprint density at radius 2 is 1.79 bits per heavy atom. The van der Waals surface area contributed by atoms with Crippen molar-refractivity contribution >= 4 is 29.1 Å². The Labute approximate surface area is 160 Å². The maximum atomic E-state index is 13.0. The number of hydrogen-bond acceptors (Lipinski definition) is 5. The number of carbonyl (C=O) groups excluding carboxylic acids is 3. The lowest BCUT2D eigenvalue weighted by molar-refractivity contribution is -0.384. The van der Waals surface area contributed by atoms with Crippen molar-refractivity contribution in [3.63, 3.8) is 0 Å². The van der Waals surface area contributed by atoms with Crippen LogP contribution in [0.2, 0.25) is 0 Å². The standard InChI is InChI=1S/C20H19N3O5/c1-9(18(24)21-10-3-2-4-11(7-10)23(27)28)22-19(25)16-12-5-6-13(15-8-14(12)15)17(16)20(22)26/h2-7,9,12-17H,8H2,1H3,(H,21,24)/t9-,12+,13+,14+,15+,16-,17-/m0/s1. The maximum Gasteiger partial charge on any atom is 0.271 e. The molecule has 0 aromatic heterocycles. The third kappa shape index (κ3) is 2.26. The van der Waals surface area contributed by atoms with Crippen LogP contribution in [0.3, 0.4) is 0 Å². The molecule has 7 atom stereocenters. The summed E-state index contributed by atoms with van der Waals surface area (Å²) in [7, 11) is 0. The van der Waals surface area contributed by atoms with Gasteiger partial charge in [-0.3, -0.25) is 29.4 Å². The molecule has 8 nitrogen and oxygen atoms in total. The zero-order chi connectivity index (χ0) is 19.7. The number of nitro benzene ring substituents is 1. The van der Waals surface area contributed by atoms with E-state index in [1.807, 2.05) is 0 Å². The van der Waals surface area contributed by atoms with Crippen LogP contribution in [0.25, 0.3) is 0 Å². The van der Waals surface area contributed by atoms with Gasteiger partial charge in [-0.15, -0.1) is 0 Å². The predicted molar refractivity (Wildman–Crippen MR) is 97.7 cm³/mol. The van der Waals surface area contributed by atoms with Gasteiger partial charge in [-0.2, -0.15) is 0 Å². The number of carbonyl (C=O) groups is 3. The van der Waals surface area contributed by atoms with Crippen molar-refractivity contribution in [3.8, 4) is 0 Å². The van der Waals surface area contributed by atoms with Crippen molar-refractivity contribution in [2.45, 2.75) is 19.4 Å². The molecule has 1 saturated heterocycles. The predicted octanol–water partition coefficient (Wildman–Crippen LogP) is 1.97. The molecule has 28 heavy (non-hydrogen) atoms. The second-order valence-corrected chi connectivity index (χ2v) is 8.17. The third-order valence-corrected chi connectivity index (χ3v) is 6.79. The number of allylic oxidation sites excluding steroid dienone is 2.